The molecule has 1 N–H and O–H groups in total. The van der Waals surface area contributed by atoms with E-state index in [-0.39, 0.29) is 35.2 Å². The summed E-state index contributed by atoms with van der Waals surface area (Å²) in [5.41, 5.74) is 1.60. The number of nitrogens with zero attached hydrogens (tertiary/aromatic N) is 3. The van der Waals surface area contributed by atoms with E-state index < -0.39 is 21.0 Å². The molecule has 0 saturated heterocycles. The normalized spacial score (nSPS) is 18.3. The number of carbonyl (C=O) groups is 1. The van der Waals surface area contributed by atoms with Crippen LogP contribution < -0.4 is 5.32 Å². The smallest absolute Gasteiger partial charge is 0.377 e. The van der Waals surface area contributed by atoms with E-state index in [1.165, 1.54) is 29.8 Å². The summed E-state index contributed by atoms with van der Waals surface area (Å²) in [6, 6.07) is 4.74. The molecule has 3 aromatic rings. The lowest BCUT2D eigenvalue weighted by Gasteiger charge is -2.28. The van der Waals surface area contributed by atoms with Crippen molar-refractivity contribution >= 4 is 38.4 Å². The fourth-order valence-corrected chi connectivity index (χ4v) is 7.40. The third-order valence-corrected chi connectivity index (χ3v) is 11.1. The van der Waals surface area contributed by atoms with Crippen LogP contribution in [-0.2, 0) is 40.1 Å². The zero-order valence-corrected chi connectivity index (χ0v) is 25.5. The molecule has 0 bridgehead atoms. The fourth-order valence-electron chi connectivity index (χ4n) is 4.56. The second-order valence-corrected chi connectivity index (χ2v) is 14.4. The van der Waals surface area contributed by atoms with Crippen molar-refractivity contribution < 1.29 is 31.1 Å². The Kier molecular flexibility index (Phi) is 10.2. The van der Waals surface area contributed by atoms with Gasteiger partial charge in [0, 0.05) is 34.7 Å². The summed E-state index contributed by atoms with van der Waals surface area (Å²) >= 11 is 2.10. The van der Waals surface area contributed by atoms with Crippen LogP contribution in [0.15, 0.2) is 35.5 Å². The number of pyridine rings is 1. The molecule has 0 aromatic carbocycles. The van der Waals surface area contributed by atoms with E-state index >= 15 is 0 Å². The molecule has 1 aliphatic rings. The predicted molar refractivity (Wildman–Crippen MR) is 152 cm³/mol. The van der Waals surface area contributed by atoms with E-state index in [0.717, 1.165) is 23.3 Å². The summed E-state index contributed by atoms with van der Waals surface area (Å²) in [5.74, 6) is -0.250. The van der Waals surface area contributed by atoms with E-state index in [2.05, 4.69) is 20.2 Å². The molecule has 8 nitrogen and oxygen atoms in total. The number of aryl methyl sites for hydroxylation is 1. The Morgan fingerprint density at radius 1 is 1.22 bits per heavy atom. The van der Waals surface area contributed by atoms with Gasteiger partial charge in [-0.25, -0.2) is 13.4 Å². The van der Waals surface area contributed by atoms with E-state index in [4.69, 9.17) is 4.74 Å². The van der Waals surface area contributed by atoms with Crippen LogP contribution in [-0.4, -0.2) is 60.7 Å². The topological polar surface area (TPSA) is 101 Å². The molecule has 0 aliphatic carbocycles. The molecule has 224 valence electrons. The molecule has 2 atom stereocenters. The molecule has 1 aliphatic heterocycles. The van der Waals surface area contributed by atoms with Crippen molar-refractivity contribution in [1.82, 2.24) is 20.2 Å². The van der Waals surface area contributed by atoms with Gasteiger partial charge in [0.2, 0.25) is 0 Å². The number of halogens is 3. The second kappa shape index (κ2) is 13.3. The van der Waals surface area contributed by atoms with Gasteiger partial charge < -0.3 is 10.1 Å². The SMILES string of the molecule is CCS(=O)(=O)c1ccc(CNC(=O)c2cc3c(s2)CCCN(C(C)c2cnc(C(F)(F)F)s2)CCO[C@@H](C)C3)nc1. The highest BCUT2D eigenvalue weighted by atomic mass is 32.2. The summed E-state index contributed by atoms with van der Waals surface area (Å²) in [6.45, 7) is 7.28. The first-order valence-electron chi connectivity index (χ1n) is 13.3. The van der Waals surface area contributed by atoms with Crippen molar-refractivity contribution in [2.24, 2.45) is 0 Å². The van der Waals surface area contributed by atoms with Crippen LogP contribution in [0.4, 0.5) is 13.2 Å². The molecule has 0 saturated carbocycles. The third-order valence-electron chi connectivity index (χ3n) is 6.95. The highest BCUT2D eigenvalue weighted by Gasteiger charge is 2.35. The largest absolute Gasteiger partial charge is 0.443 e. The summed E-state index contributed by atoms with van der Waals surface area (Å²) in [7, 11) is -3.34. The summed E-state index contributed by atoms with van der Waals surface area (Å²) in [6.07, 6.45) is 0.213. The van der Waals surface area contributed by atoms with E-state index in [9.17, 15) is 26.4 Å². The number of carbonyl (C=O) groups excluding carboxylic acids is 1. The maximum atomic E-state index is 13.1. The number of thiazole rings is 1. The molecule has 0 spiro atoms. The van der Waals surface area contributed by atoms with Crippen LogP contribution in [0, 0.1) is 0 Å². The lowest BCUT2D eigenvalue weighted by atomic mass is 10.1. The number of hydrogen-bond donors (Lipinski definition) is 1. The van der Waals surface area contributed by atoms with Crippen LogP contribution in [0.25, 0.3) is 0 Å². The number of alkyl halides is 3. The molecule has 41 heavy (non-hydrogen) atoms. The molecule has 14 heteroatoms. The molecule has 4 heterocycles. The Morgan fingerprint density at radius 2 is 2.00 bits per heavy atom. The van der Waals surface area contributed by atoms with Crippen LogP contribution in [0.2, 0.25) is 0 Å². The standard InChI is InChI=1S/C27H33F3N4O4S3/c1-4-41(36,37)21-8-7-20(31-15-21)14-32-25(35)23-13-19-12-17(2)38-11-10-34(9-5-6-22(19)39-23)18(3)24-16-33-26(40-24)27(28,29)30/h7-8,13,15-18H,4-6,9-12,14H2,1-3H3,(H,32,35)/t17-,18?/m0/s1. The minimum atomic E-state index is -4.46. The number of sulfone groups is 1. The van der Waals surface area contributed by atoms with Gasteiger partial charge in [-0.05, 0) is 63.4 Å². The van der Waals surface area contributed by atoms with Crippen LogP contribution in [0.5, 0.6) is 0 Å². The maximum Gasteiger partial charge on any atom is 0.443 e. The maximum absolute atomic E-state index is 13.1. The van der Waals surface area contributed by atoms with Crippen molar-refractivity contribution in [3.05, 3.63) is 61.5 Å². The average molecular weight is 631 g/mol. The van der Waals surface area contributed by atoms with Crippen molar-refractivity contribution in [1.29, 1.82) is 0 Å². The van der Waals surface area contributed by atoms with Gasteiger partial charge >= 0.3 is 6.18 Å². The molecular weight excluding hydrogens is 598 g/mol. The average Bonchev–Trinajstić information content (AvgIpc) is 3.58. The number of nitrogens with one attached hydrogen (secondary N) is 1. The second-order valence-electron chi connectivity index (χ2n) is 9.90. The zero-order valence-electron chi connectivity index (χ0n) is 23.0. The molecule has 0 fully saturated rings. The first-order chi connectivity index (χ1) is 19.4. The van der Waals surface area contributed by atoms with Gasteiger partial charge in [0.05, 0.1) is 40.5 Å². The lowest BCUT2D eigenvalue weighted by molar-refractivity contribution is -0.137. The van der Waals surface area contributed by atoms with E-state index in [1.807, 2.05) is 19.9 Å². The fraction of sp³-hybridized carbons (Fsp3) is 0.519. The first kappa shape index (κ1) is 31.5. The zero-order chi connectivity index (χ0) is 29.8. The Balaban J connectivity index is 1.41. The number of ether oxygens (including phenoxy) is 1. The number of hydrogen-bond acceptors (Lipinski definition) is 9. The lowest BCUT2D eigenvalue weighted by Crippen LogP contribution is -2.32. The number of thiophene rings is 1. The van der Waals surface area contributed by atoms with Gasteiger partial charge in [-0.1, -0.05) is 6.92 Å². The van der Waals surface area contributed by atoms with E-state index in [1.54, 1.807) is 13.0 Å². The third kappa shape index (κ3) is 8.13. The van der Waals surface area contributed by atoms with Gasteiger partial charge in [0.1, 0.15) is 0 Å². The number of amides is 1. The van der Waals surface area contributed by atoms with Crippen LogP contribution in [0.3, 0.4) is 0 Å². The molecule has 0 radical (unpaired) electrons. The van der Waals surface area contributed by atoms with Crippen molar-refractivity contribution in [2.45, 2.75) is 69.8 Å². The Labute approximate surface area is 245 Å². The van der Waals surface area contributed by atoms with Gasteiger partial charge in [0.15, 0.2) is 14.8 Å². The molecule has 3 aromatic heterocycles. The van der Waals surface area contributed by atoms with Gasteiger partial charge in [-0.15, -0.1) is 22.7 Å². The monoisotopic (exact) mass is 630 g/mol. The molecule has 4 rings (SSSR count). The summed E-state index contributed by atoms with van der Waals surface area (Å²) < 4.78 is 69.2. The predicted octanol–water partition coefficient (Wildman–Crippen LogP) is 5.30. The quantitative estimate of drug-likeness (QED) is 0.378. The number of rotatable bonds is 7. The molecule has 1 amide bonds. The number of aromatic nitrogens is 2. The van der Waals surface area contributed by atoms with Gasteiger partial charge in [0.25, 0.3) is 5.91 Å². The molecule has 1 unspecified atom stereocenters. The van der Waals surface area contributed by atoms with Crippen LogP contribution >= 0.6 is 22.7 Å². The Bertz CT molecular complexity index is 1440. The van der Waals surface area contributed by atoms with E-state index in [0.29, 0.717) is 52.9 Å². The first-order valence-corrected chi connectivity index (χ1v) is 16.6. The summed E-state index contributed by atoms with van der Waals surface area (Å²) in [4.78, 5) is 25.2. The minimum Gasteiger partial charge on any atom is -0.377 e. The highest BCUT2D eigenvalue weighted by Crippen LogP contribution is 2.36. The Hall–Kier alpha value is -2.39. The van der Waals surface area contributed by atoms with Crippen molar-refractivity contribution in [2.75, 3.05) is 25.4 Å². The van der Waals surface area contributed by atoms with Gasteiger partial charge in [-0.2, -0.15) is 13.2 Å². The minimum absolute atomic E-state index is 0.0105. The summed E-state index contributed by atoms with van der Waals surface area (Å²) in [5, 5.41) is 2.02. The van der Waals surface area contributed by atoms with Crippen molar-refractivity contribution in [3.8, 4) is 0 Å². The van der Waals surface area contributed by atoms with Crippen molar-refractivity contribution in [3.63, 3.8) is 0 Å². The van der Waals surface area contributed by atoms with Gasteiger partial charge in [-0.3, -0.25) is 14.7 Å². The number of fused-ring (bicyclic) bond motifs is 1. The van der Waals surface area contributed by atoms with Crippen LogP contribution in [0.1, 0.15) is 68.9 Å². The highest BCUT2D eigenvalue weighted by molar-refractivity contribution is 7.91. The molecular formula is C27H33F3N4O4S3. The Morgan fingerprint density at radius 3 is 2.66 bits per heavy atom.